The minimum Gasteiger partial charge on any atom is -0.493 e. The van der Waals surface area contributed by atoms with E-state index in [1.807, 2.05) is 24.3 Å². The molecule has 3 rings (SSSR count). The first-order valence-corrected chi connectivity index (χ1v) is 8.29. The Hall–Kier alpha value is -2.34. The van der Waals surface area contributed by atoms with Crippen molar-refractivity contribution in [2.24, 2.45) is 5.92 Å². The van der Waals surface area contributed by atoms with E-state index >= 15 is 0 Å². The highest BCUT2D eigenvalue weighted by atomic mass is 16.5. The van der Waals surface area contributed by atoms with Gasteiger partial charge in [-0.15, -0.1) is 0 Å². The van der Waals surface area contributed by atoms with Crippen LogP contribution in [-0.4, -0.2) is 42.0 Å². The van der Waals surface area contributed by atoms with Crippen LogP contribution in [0.1, 0.15) is 28.8 Å². The van der Waals surface area contributed by atoms with Gasteiger partial charge in [0.05, 0.1) is 31.1 Å². The Bertz CT molecular complexity index is 632. The molecule has 6 nitrogen and oxygen atoms in total. The third kappa shape index (κ3) is 4.58. The summed E-state index contributed by atoms with van der Waals surface area (Å²) in [7, 11) is 0. The van der Waals surface area contributed by atoms with Gasteiger partial charge in [0.15, 0.2) is 0 Å². The molecule has 0 saturated carbocycles. The van der Waals surface area contributed by atoms with Gasteiger partial charge in [-0.25, -0.2) is 0 Å². The van der Waals surface area contributed by atoms with Crippen LogP contribution in [0, 0.1) is 12.8 Å². The molecule has 24 heavy (non-hydrogen) atoms. The standard InChI is InChI=1S/C18H23N3O3/c1-13-2-5-16(6-3-13)23-11-14-4-7-17(24-12-14)10-19-18(22)15-8-20-21-9-15/h2-3,5-6,8-9,14,17H,4,7,10-12H2,1H3,(H,19,22)(H,20,21)/t14-,17+/m0/s1. The van der Waals surface area contributed by atoms with Gasteiger partial charge in [-0.05, 0) is 31.9 Å². The molecule has 1 aliphatic rings. The number of benzene rings is 1. The molecule has 1 aromatic heterocycles. The Morgan fingerprint density at radius 3 is 2.88 bits per heavy atom. The zero-order chi connectivity index (χ0) is 16.8. The molecule has 0 spiro atoms. The van der Waals surface area contributed by atoms with E-state index in [0.717, 1.165) is 18.6 Å². The summed E-state index contributed by atoms with van der Waals surface area (Å²) >= 11 is 0. The highest BCUT2D eigenvalue weighted by molar-refractivity contribution is 5.93. The number of hydrogen-bond acceptors (Lipinski definition) is 4. The lowest BCUT2D eigenvalue weighted by atomic mass is 9.99. The van der Waals surface area contributed by atoms with Crippen molar-refractivity contribution in [3.63, 3.8) is 0 Å². The first-order chi connectivity index (χ1) is 11.7. The van der Waals surface area contributed by atoms with Crippen LogP contribution < -0.4 is 10.1 Å². The Labute approximate surface area is 141 Å². The van der Waals surface area contributed by atoms with Crippen LogP contribution in [0.15, 0.2) is 36.7 Å². The fourth-order valence-corrected chi connectivity index (χ4v) is 2.69. The van der Waals surface area contributed by atoms with Crippen LogP contribution in [0.4, 0.5) is 0 Å². The highest BCUT2D eigenvalue weighted by Crippen LogP contribution is 2.20. The first kappa shape index (κ1) is 16.5. The Balaban J connectivity index is 1.35. The fraction of sp³-hybridized carbons (Fsp3) is 0.444. The van der Waals surface area contributed by atoms with Crippen molar-refractivity contribution in [2.45, 2.75) is 25.9 Å². The minimum absolute atomic E-state index is 0.0662. The monoisotopic (exact) mass is 329 g/mol. The number of aryl methyl sites for hydroxylation is 1. The number of H-pyrrole nitrogens is 1. The van der Waals surface area contributed by atoms with Gasteiger partial charge in [-0.1, -0.05) is 17.7 Å². The van der Waals surface area contributed by atoms with Crippen LogP contribution in [0.5, 0.6) is 5.75 Å². The summed E-state index contributed by atoms with van der Waals surface area (Å²) in [4.78, 5) is 11.8. The number of nitrogens with one attached hydrogen (secondary N) is 2. The topological polar surface area (TPSA) is 76.2 Å². The number of aromatic nitrogens is 2. The van der Waals surface area contributed by atoms with Gasteiger partial charge in [0, 0.05) is 18.7 Å². The van der Waals surface area contributed by atoms with Crippen molar-refractivity contribution < 1.29 is 14.3 Å². The van der Waals surface area contributed by atoms with Gasteiger partial charge >= 0.3 is 0 Å². The molecule has 0 aliphatic carbocycles. The number of nitrogens with zero attached hydrogens (tertiary/aromatic N) is 1. The van der Waals surface area contributed by atoms with Crippen LogP contribution in [0.25, 0.3) is 0 Å². The Morgan fingerprint density at radius 2 is 2.21 bits per heavy atom. The summed E-state index contributed by atoms with van der Waals surface area (Å²) < 4.78 is 11.7. The zero-order valence-electron chi connectivity index (χ0n) is 13.8. The van der Waals surface area contributed by atoms with Crippen LogP contribution in [0.3, 0.4) is 0 Å². The lowest BCUT2D eigenvalue weighted by Crippen LogP contribution is -2.38. The molecular weight excluding hydrogens is 306 g/mol. The molecule has 1 amide bonds. The van der Waals surface area contributed by atoms with Crippen molar-refractivity contribution in [1.29, 1.82) is 0 Å². The molecule has 2 N–H and O–H groups in total. The molecule has 6 heteroatoms. The molecule has 1 aromatic carbocycles. The molecule has 0 bridgehead atoms. The number of aromatic amines is 1. The molecule has 0 radical (unpaired) electrons. The highest BCUT2D eigenvalue weighted by Gasteiger charge is 2.23. The summed E-state index contributed by atoms with van der Waals surface area (Å²) in [6, 6.07) is 8.08. The number of amides is 1. The van der Waals surface area contributed by atoms with E-state index in [1.54, 1.807) is 6.20 Å². The van der Waals surface area contributed by atoms with Crippen LogP contribution in [-0.2, 0) is 4.74 Å². The number of ether oxygens (including phenoxy) is 2. The summed E-state index contributed by atoms with van der Waals surface area (Å²) in [5.74, 6) is 1.17. The lowest BCUT2D eigenvalue weighted by Gasteiger charge is -2.29. The van der Waals surface area contributed by atoms with E-state index in [-0.39, 0.29) is 12.0 Å². The third-order valence-electron chi connectivity index (χ3n) is 4.22. The summed E-state index contributed by atoms with van der Waals surface area (Å²) in [6.45, 7) is 3.91. The Morgan fingerprint density at radius 1 is 1.38 bits per heavy atom. The third-order valence-corrected chi connectivity index (χ3v) is 4.22. The predicted octanol–water partition coefficient (Wildman–Crippen LogP) is 2.32. The maximum Gasteiger partial charge on any atom is 0.254 e. The minimum atomic E-state index is -0.128. The van der Waals surface area contributed by atoms with E-state index < -0.39 is 0 Å². The fourth-order valence-electron chi connectivity index (χ4n) is 2.69. The van der Waals surface area contributed by atoms with Gasteiger partial charge in [-0.3, -0.25) is 9.89 Å². The van der Waals surface area contributed by atoms with E-state index in [0.29, 0.717) is 31.2 Å². The number of rotatable bonds is 6. The second-order valence-electron chi connectivity index (χ2n) is 6.22. The van der Waals surface area contributed by atoms with E-state index in [2.05, 4.69) is 22.4 Å². The second-order valence-corrected chi connectivity index (χ2v) is 6.22. The SMILES string of the molecule is Cc1ccc(OC[C@@H]2CC[C@H](CNC(=O)c3cn[nH]c3)OC2)cc1. The van der Waals surface area contributed by atoms with Crippen molar-refractivity contribution in [3.05, 3.63) is 47.8 Å². The van der Waals surface area contributed by atoms with Gasteiger partial charge < -0.3 is 14.8 Å². The smallest absolute Gasteiger partial charge is 0.254 e. The molecule has 0 unspecified atom stereocenters. The molecule has 2 atom stereocenters. The van der Waals surface area contributed by atoms with Gasteiger partial charge in [0.1, 0.15) is 5.75 Å². The normalized spacial score (nSPS) is 20.5. The van der Waals surface area contributed by atoms with Crippen molar-refractivity contribution >= 4 is 5.91 Å². The maximum absolute atomic E-state index is 11.8. The quantitative estimate of drug-likeness (QED) is 0.853. The number of hydrogen-bond donors (Lipinski definition) is 2. The lowest BCUT2D eigenvalue weighted by molar-refractivity contribution is -0.0251. The van der Waals surface area contributed by atoms with Crippen molar-refractivity contribution in [2.75, 3.05) is 19.8 Å². The molecule has 128 valence electrons. The van der Waals surface area contributed by atoms with Gasteiger partial charge in [0.2, 0.25) is 0 Å². The molecule has 1 fully saturated rings. The molecule has 1 aliphatic heterocycles. The molecule has 1 saturated heterocycles. The summed E-state index contributed by atoms with van der Waals surface area (Å²) in [5, 5.41) is 9.27. The van der Waals surface area contributed by atoms with Gasteiger partial charge in [0.25, 0.3) is 5.91 Å². The first-order valence-electron chi connectivity index (χ1n) is 8.29. The number of carbonyl (C=O) groups excluding carboxylic acids is 1. The van der Waals surface area contributed by atoms with Crippen LogP contribution in [0.2, 0.25) is 0 Å². The Kier molecular flexibility index (Phi) is 5.48. The van der Waals surface area contributed by atoms with E-state index in [1.165, 1.54) is 11.8 Å². The second kappa shape index (κ2) is 7.97. The van der Waals surface area contributed by atoms with Gasteiger partial charge in [-0.2, -0.15) is 5.10 Å². The molecular formula is C18H23N3O3. The predicted molar refractivity (Wildman–Crippen MR) is 90.1 cm³/mol. The maximum atomic E-state index is 11.8. The molecule has 2 heterocycles. The summed E-state index contributed by atoms with van der Waals surface area (Å²) in [5.41, 5.74) is 1.76. The van der Waals surface area contributed by atoms with Crippen molar-refractivity contribution in [3.8, 4) is 5.75 Å². The van der Waals surface area contributed by atoms with E-state index in [4.69, 9.17) is 9.47 Å². The van der Waals surface area contributed by atoms with Crippen molar-refractivity contribution in [1.82, 2.24) is 15.5 Å². The largest absolute Gasteiger partial charge is 0.493 e. The van der Waals surface area contributed by atoms with E-state index in [9.17, 15) is 4.79 Å². The zero-order valence-corrected chi connectivity index (χ0v) is 13.8. The average Bonchev–Trinajstić information content (AvgIpc) is 3.15. The number of carbonyl (C=O) groups is 1. The average molecular weight is 329 g/mol. The summed E-state index contributed by atoms with van der Waals surface area (Å²) in [6.07, 6.45) is 5.12. The van der Waals surface area contributed by atoms with Crippen LogP contribution >= 0.6 is 0 Å². The molecule has 2 aromatic rings.